The second-order valence-electron chi connectivity index (χ2n) is 10.4. The summed E-state index contributed by atoms with van der Waals surface area (Å²) in [6.07, 6.45) is 9.50. The summed E-state index contributed by atoms with van der Waals surface area (Å²) < 4.78 is 0. The van der Waals surface area contributed by atoms with Crippen LogP contribution >= 0.6 is 0 Å². The van der Waals surface area contributed by atoms with E-state index in [0.717, 1.165) is 51.5 Å². The molecule has 0 radical (unpaired) electrons. The summed E-state index contributed by atoms with van der Waals surface area (Å²) in [6, 6.07) is 0.718. The topological polar surface area (TPSA) is 149 Å². The molecule has 2 aliphatic carbocycles. The second-order valence-corrected chi connectivity index (χ2v) is 10.4. The molecule has 5 rings (SSSR count). The van der Waals surface area contributed by atoms with Gasteiger partial charge in [-0.25, -0.2) is 10.4 Å². The lowest BCUT2D eigenvalue weighted by atomic mass is 9.76. The Bertz CT molecular complexity index is 714. The number of amides is 2. The smallest absolute Gasteiger partial charge is 0.237 e. The Morgan fingerprint density at radius 2 is 1.91 bits per heavy atom. The van der Waals surface area contributed by atoms with E-state index in [-0.39, 0.29) is 36.3 Å². The molecule has 2 saturated carbocycles. The van der Waals surface area contributed by atoms with Gasteiger partial charge in [0.25, 0.3) is 0 Å². The van der Waals surface area contributed by atoms with Gasteiger partial charge in [0.1, 0.15) is 6.23 Å². The van der Waals surface area contributed by atoms with E-state index in [4.69, 9.17) is 9.78 Å². The van der Waals surface area contributed by atoms with Crippen molar-refractivity contribution >= 4 is 11.8 Å². The van der Waals surface area contributed by atoms with E-state index >= 15 is 0 Å². The Morgan fingerprint density at radius 3 is 2.85 bits per heavy atom. The number of fused-ring (bicyclic) bond motifs is 2. The lowest BCUT2D eigenvalue weighted by Crippen LogP contribution is -2.64. The minimum atomic E-state index is -0.155. The van der Waals surface area contributed by atoms with Crippen molar-refractivity contribution in [2.75, 3.05) is 13.1 Å². The number of hydroxylamine groups is 3. The summed E-state index contributed by atoms with van der Waals surface area (Å²) in [5.41, 5.74) is 15.1. The molecule has 3 aliphatic heterocycles. The maximum absolute atomic E-state index is 12.3. The summed E-state index contributed by atoms with van der Waals surface area (Å²) >= 11 is 0. The number of rotatable bonds is 9. The normalized spacial score (nSPS) is 39.8. The maximum Gasteiger partial charge on any atom is 0.237 e. The van der Waals surface area contributed by atoms with E-state index in [0.29, 0.717) is 43.3 Å². The molecule has 8 atom stereocenters. The molecule has 0 aromatic carbocycles. The van der Waals surface area contributed by atoms with Crippen molar-refractivity contribution in [3.63, 3.8) is 0 Å². The van der Waals surface area contributed by atoms with Gasteiger partial charge < -0.3 is 10.6 Å². The van der Waals surface area contributed by atoms with Gasteiger partial charge in [-0.3, -0.25) is 25.2 Å². The van der Waals surface area contributed by atoms with Gasteiger partial charge in [-0.05, 0) is 57.4 Å². The Balaban J connectivity index is 0.925. The quantitative estimate of drug-likeness (QED) is 0.193. The van der Waals surface area contributed by atoms with Crippen molar-refractivity contribution in [3.8, 4) is 0 Å². The summed E-state index contributed by atoms with van der Waals surface area (Å²) in [7, 11) is 0. The van der Waals surface area contributed by atoms with Crippen LogP contribution in [0.3, 0.4) is 0 Å². The number of hydrogen-bond acceptors (Lipinski definition) is 10. The van der Waals surface area contributed by atoms with Crippen molar-refractivity contribution in [3.05, 3.63) is 0 Å². The number of carbonyl (C=O) groups excluding carboxylic acids is 2. The molecule has 0 spiro atoms. The highest BCUT2D eigenvalue weighted by Crippen LogP contribution is 2.33. The maximum atomic E-state index is 12.3. The predicted molar refractivity (Wildman–Crippen MR) is 123 cm³/mol. The number of hydrazine groups is 1. The van der Waals surface area contributed by atoms with Gasteiger partial charge in [0.05, 0.1) is 24.4 Å². The van der Waals surface area contributed by atoms with Crippen LogP contribution < -0.4 is 43.2 Å². The van der Waals surface area contributed by atoms with Crippen LogP contribution in [0.25, 0.3) is 0 Å². The molecule has 0 aromatic heterocycles. The molecule has 5 aliphatic rings. The molecule has 12 heteroatoms. The fraction of sp³-hybridized carbons (Fsp3) is 0.909. The molecule has 5 fully saturated rings. The first-order valence-corrected chi connectivity index (χ1v) is 13.1. The second kappa shape index (κ2) is 11.6. The zero-order valence-electron chi connectivity index (χ0n) is 19.7. The van der Waals surface area contributed by atoms with Crippen molar-refractivity contribution in [1.82, 2.24) is 43.2 Å². The van der Waals surface area contributed by atoms with Crippen LogP contribution in [0, 0.1) is 17.8 Å². The third kappa shape index (κ3) is 5.88. The minimum Gasteiger partial charge on any atom is -0.356 e. The molecular weight excluding hydrogens is 440 g/mol. The van der Waals surface area contributed by atoms with Crippen molar-refractivity contribution < 1.29 is 19.4 Å². The molecule has 34 heavy (non-hydrogen) atoms. The molecule has 192 valence electrons. The summed E-state index contributed by atoms with van der Waals surface area (Å²) in [6.45, 7) is 1.42. The monoisotopic (exact) mass is 480 g/mol. The average Bonchev–Trinajstić information content (AvgIpc) is 3.53. The molecule has 12 nitrogen and oxygen atoms in total. The van der Waals surface area contributed by atoms with Gasteiger partial charge in [-0.15, -0.1) is 0 Å². The molecule has 2 amide bonds. The van der Waals surface area contributed by atoms with Gasteiger partial charge in [-0.1, -0.05) is 12.8 Å². The molecular formula is C22H40N8O4. The number of carbonyl (C=O) groups is 2. The van der Waals surface area contributed by atoms with Crippen LogP contribution in [0.4, 0.5) is 0 Å². The first-order chi connectivity index (χ1) is 16.7. The van der Waals surface area contributed by atoms with Gasteiger partial charge in [-0.2, -0.15) is 16.4 Å². The van der Waals surface area contributed by atoms with Crippen LogP contribution in [0.1, 0.15) is 64.2 Å². The first-order valence-electron chi connectivity index (χ1n) is 13.1. The highest BCUT2D eigenvalue weighted by molar-refractivity contribution is 5.79. The molecule has 8 N–H and O–H groups in total. The molecule has 8 unspecified atom stereocenters. The van der Waals surface area contributed by atoms with Crippen LogP contribution in [0.2, 0.25) is 0 Å². The minimum absolute atomic E-state index is 0.0446. The van der Waals surface area contributed by atoms with E-state index in [1.807, 2.05) is 0 Å². The largest absolute Gasteiger partial charge is 0.356 e. The van der Waals surface area contributed by atoms with Crippen LogP contribution in [0.15, 0.2) is 0 Å². The lowest BCUT2D eigenvalue weighted by molar-refractivity contribution is -0.134. The summed E-state index contributed by atoms with van der Waals surface area (Å²) in [5.74, 6) is 1.10. The van der Waals surface area contributed by atoms with Crippen molar-refractivity contribution in [2.45, 2.75) is 94.9 Å². The third-order valence-electron chi connectivity index (χ3n) is 8.09. The average molecular weight is 481 g/mol. The fourth-order valence-electron chi connectivity index (χ4n) is 6.12. The van der Waals surface area contributed by atoms with Crippen molar-refractivity contribution in [2.24, 2.45) is 17.8 Å². The third-order valence-corrected chi connectivity index (χ3v) is 8.09. The SMILES string of the molecule is O=C(CCC1NC(C2CCC3NONC3C2)NO1)NCCCNC1NNC(=O)C2CCCCC12. The standard InChI is InChI=1S/C22H40N8O4/c31-18(23-10-3-11-24-21-14-4-1-2-5-15(14)22(32)27-26-21)8-9-19-25-20(30-33-19)13-6-7-16-17(12-13)29-34-28-16/h13-17,19-21,24-26,28-30H,1-12H2,(H,23,31)(H,27,32). The van der Waals surface area contributed by atoms with Crippen LogP contribution in [-0.4, -0.2) is 55.5 Å². The molecule has 3 heterocycles. The summed E-state index contributed by atoms with van der Waals surface area (Å²) in [5, 5.41) is 10.0. The number of nitrogens with one attached hydrogen (secondary N) is 8. The molecule has 0 bridgehead atoms. The van der Waals surface area contributed by atoms with Gasteiger partial charge in [0.2, 0.25) is 11.8 Å². The Kier molecular flexibility index (Phi) is 8.28. The van der Waals surface area contributed by atoms with E-state index in [2.05, 4.69) is 43.2 Å². The van der Waals surface area contributed by atoms with Crippen LogP contribution in [-0.2, 0) is 19.4 Å². The first kappa shape index (κ1) is 24.3. The zero-order valence-corrected chi connectivity index (χ0v) is 19.7. The Labute approximate surface area is 200 Å². The van der Waals surface area contributed by atoms with E-state index in [1.54, 1.807) is 0 Å². The number of hydrogen-bond donors (Lipinski definition) is 8. The highest BCUT2D eigenvalue weighted by atomic mass is 16.8. The molecule has 0 aromatic rings. The highest BCUT2D eigenvalue weighted by Gasteiger charge is 2.41. The summed E-state index contributed by atoms with van der Waals surface area (Å²) in [4.78, 5) is 35.2. The predicted octanol–water partition coefficient (Wildman–Crippen LogP) is -1.02. The van der Waals surface area contributed by atoms with E-state index in [9.17, 15) is 9.59 Å². The fourth-order valence-corrected chi connectivity index (χ4v) is 6.12. The van der Waals surface area contributed by atoms with E-state index in [1.165, 1.54) is 6.42 Å². The van der Waals surface area contributed by atoms with Crippen molar-refractivity contribution in [1.29, 1.82) is 0 Å². The van der Waals surface area contributed by atoms with Gasteiger partial charge in [0.15, 0.2) is 0 Å². The zero-order chi connectivity index (χ0) is 23.3. The van der Waals surface area contributed by atoms with E-state index < -0.39 is 0 Å². The lowest BCUT2D eigenvalue weighted by Gasteiger charge is -2.41. The Morgan fingerprint density at radius 1 is 1.03 bits per heavy atom. The van der Waals surface area contributed by atoms with Crippen LogP contribution in [0.5, 0.6) is 0 Å². The molecule has 3 saturated heterocycles. The van der Waals surface area contributed by atoms with Gasteiger partial charge >= 0.3 is 0 Å². The Hall–Kier alpha value is -1.38. The van der Waals surface area contributed by atoms with Gasteiger partial charge in [0, 0.05) is 24.8 Å².